The van der Waals surface area contributed by atoms with Crippen molar-refractivity contribution in [1.29, 1.82) is 0 Å². The topological polar surface area (TPSA) is 102 Å². The normalized spacial score (nSPS) is 9.75. The lowest BCUT2D eigenvalue weighted by molar-refractivity contribution is 0.0909. The van der Waals surface area contributed by atoms with E-state index in [4.69, 9.17) is 26.1 Å². The van der Waals surface area contributed by atoms with E-state index in [1.165, 1.54) is 26.5 Å². The van der Waals surface area contributed by atoms with Crippen molar-refractivity contribution in [2.45, 2.75) is 0 Å². The number of hydrazine groups is 1. The summed E-state index contributed by atoms with van der Waals surface area (Å²) in [5.74, 6) is -0.327. The minimum Gasteiger partial charge on any atom is -0.496 e. The zero-order valence-corrected chi connectivity index (χ0v) is 13.7. The Balaban J connectivity index is 1.99. The van der Waals surface area contributed by atoms with Gasteiger partial charge in [0.05, 0.1) is 20.5 Å². The molecule has 24 heavy (non-hydrogen) atoms. The third kappa shape index (κ3) is 4.02. The van der Waals surface area contributed by atoms with Crippen molar-refractivity contribution < 1.29 is 23.5 Å². The molecule has 0 unspecified atom stereocenters. The first-order valence-electron chi connectivity index (χ1n) is 6.73. The van der Waals surface area contributed by atoms with Gasteiger partial charge in [0.25, 0.3) is 5.91 Å². The fourth-order valence-corrected chi connectivity index (χ4v) is 2.00. The minimum atomic E-state index is -0.547. The van der Waals surface area contributed by atoms with E-state index < -0.39 is 11.8 Å². The number of carbonyl (C=O) groups excluding carboxylic acids is 2. The molecular weight excluding hydrogens is 334 g/mol. The van der Waals surface area contributed by atoms with Gasteiger partial charge in [0.2, 0.25) is 0 Å². The number of hydrogen-bond acceptors (Lipinski definition) is 6. The lowest BCUT2D eigenvalue weighted by Crippen LogP contribution is -2.48. The molecule has 0 bridgehead atoms. The fourth-order valence-electron chi connectivity index (χ4n) is 1.85. The van der Waals surface area contributed by atoms with Crippen molar-refractivity contribution in [2.75, 3.05) is 14.2 Å². The Labute approximate surface area is 143 Å². The molecule has 126 valence electrons. The Morgan fingerprint density at radius 3 is 2.21 bits per heavy atom. The van der Waals surface area contributed by atoms with Crippen molar-refractivity contribution in [3.63, 3.8) is 0 Å². The molecule has 0 saturated carbocycles. The van der Waals surface area contributed by atoms with E-state index >= 15 is 0 Å². The molecule has 0 fully saturated rings. The molecule has 0 aliphatic carbocycles. The number of thiocarbonyl (C=S) groups is 1. The molecule has 9 heteroatoms. The highest BCUT2D eigenvalue weighted by Gasteiger charge is 2.19. The predicted octanol–water partition coefficient (Wildman–Crippen LogP) is 1.25. The quantitative estimate of drug-likeness (QED) is 0.564. The van der Waals surface area contributed by atoms with Crippen LogP contribution in [0.1, 0.15) is 20.9 Å². The molecule has 0 radical (unpaired) electrons. The van der Waals surface area contributed by atoms with Gasteiger partial charge in [-0.05, 0) is 36.5 Å². The second-order valence-corrected chi connectivity index (χ2v) is 4.79. The van der Waals surface area contributed by atoms with Gasteiger partial charge in [-0.2, -0.15) is 0 Å². The van der Waals surface area contributed by atoms with E-state index in [1.807, 2.05) is 0 Å². The van der Waals surface area contributed by atoms with E-state index in [2.05, 4.69) is 16.2 Å². The molecule has 0 atom stereocenters. The van der Waals surface area contributed by atoms with E-state index in [0.717, 1.165) is 0 Å². The van der Waals surface area contributed by atoms with E-state index in [9.17, 15) is 9.59 Å². The lowest BCUT2D eigenvalue weighted by atomic mass is 10.1. The number of furan rings is 1. The highest BCUT2D eigenvalue weighted by atomic mass is 32.1. The molecule has 0 aliphatic heterocycles. The second kappa shape index (κ2) is 7.97. The molecule has 2 aromatic rings. The highest BCUT2D eigenvalue weighted by molar-refractivity contribution is 7.80. The van der Waals surface area contributed by atoms with Crippen LogP contribution in [0.5, 0.6) is 11.5 Å². The zero-order chi connectivity index (χ0) is 17.5. The Hall–Kier alpha value is -3.07. The molecule has 2 amide bonds. The SMILES string of the molecule is COc1cccc(OC)c1C(=O)NC(=S)NNC(=O)c1ccco1. The number of amides is 2. The summed E-state index contributed by atoms with van der Waals surface area (Å²) in [7, 11) is 2.87. The monoisotopic (exact) mass is 349 g/mol. The average Bonchev–Trinajstić information content (AvgIpc) is 3.13. The molecule has 0 aliphatic rings. The summed E-state index contributed by atoms with van der Waals surface area (Å²) in [5, 5.41) is 2.32. The van der Waals surface area contributed by atoms with Crippen LogP contribution in [0, 0.1) is 0 Å². The molecule has 1 heterocycles. The Morgan fingerprint density at radius 1 is 1.00 bits per heavy atom. The number of benzene rings is 1. The van der Waals surface area contributed by atoms with Crippen molar-refractivity contribution in [3.05, 3.63) is 47.9 Å². The molecular formula is C15H15N3O5S. The van der Waals surface area contributed by atoms with E-state index in [-0.39, 0.29) is 16.4 Å². The number of methoxy groups -OCH3 is 2. The van der Waals surface area contributed by atoms with Crippen LogP contribution in [-0.4, -0.2) is 31.1 Å². The van der Waals surface area contributed by atoms with Crippen LogP contribution in [0.15, 0.2) is 41.0 Å². The first kappa shape index (κ1) is 17.3. The van der Waals surface area contributed by atoms with Crippen molar-refractivity contribution in [2.24, 2.45) is 0 Å². The van der Waals surface area contributed by atoms with Crippen LogP contribution in [-0.2, 0) is 0 Å². The Kier molecular flexibility index (Phi) is 5.74. The number of carbonyl (C=O) groups is 2. The largest absolute Gasteiger partial charge is 0.496 e. The standard InChI is InChI=1S/C15H15N3O5S/c1-21-9-5-3-6-10(22-2)12(9)14(20)16-15(24)18-17-13(19)11-7-4-8-23-11/h3-8H,1-2H3,(H,17,19)(H2,16,18,20,24). The maximum atomic E-state index is 12.4. The first-order valence-corrected chi connectivity index (χ1v) is 7.13. The van der Waals surface area contributed by atoms with E-state index in [1.54, 1.807) is 24.3 Å². The van der Waals surface area contributed by atoms with Crippen LogP contribution in [0.3, 0.4) is 0 Å². The Morgan fingerprint density at radius 2 is 1.67 bits per heavy atom. The summed E-state index contributed by atoms with van der Waals surface area (Å²) < 4.78 is 15.2. The van der Waals surface area contributed by atoms with Gasteiger partial charge in [-0.3, -0.25) is 25.8 Å². The third-order valence-electron chi connectivity index (χ3n) is 2.92. The molecule has 2 rings (SSSR count). The summed E-state index contributed by atoms with van der Waals surface area (Å²) in [6.45, 7) is 0. The molecule has 1 aromatic heterocycles. The molecule has 0 spiro atoms. The van der Waals surface area contributed by atoms with Gasteiger partial charge < -0.3 is 13.9 Å². The van der Waals surface area contributed by atoms with Gasteiger partial charge in [0.15, 0.2) is 10.9 Å². The van der Waals surface area contributed by atoms with Crippen LogP contribution >= 0.6 is 12.2 Å². The highest BCUT2D eigenvalue weighted by Crippen LogP contribution is 2.27. The zero-order valence-electron chi connectivity index (χ0n) is 12.9. The van der Waals surface area contributed by atoms with Gasteiger partial charge in [0.1, 0.15) is 17.1 Å². The van der Waals surface area contributed by atoms with Crippen LogP contribution in [0.2, 0.25) is 0 Å². The van der Waals surface area contributed by atoms with Gasteiger partial charge in [-0.15, -0.1) is 0 Å². The molecule has 3 N–H and O–H groups in total. The number of nitrogens with one attached hydrogen (secondary N) is 3. The molecule has 8 nitrogen and oxygen atoms in total. The predicted molar refractivity (Wildman–Crippen MR) is 88.9 cm³/mol. The number of hydrogen-bond donors (Lipinski definition) is 3. The molecule has 0 saturated heterocycles. The maximum absolute atomic E-state index is 12.4. The fraction of sp³-hybridized carbons (Fsp3) is 0.133. The summed E-state index contributed by atoms with van der Waals surface area (Å²) >= 11 is 4.97. The van der Waals surface area contributed by atoms with Gasteiger partial charge in [0, 0.05) is 0 Å². The van der Waals surface area contributed by atoms with Crippen LogP contribution in [0.4, 0.5) is 0 Å². The summed E-state index contributed by atoms with van der Waals surface area (Å²) in [6, 6.07) is 7.98. The first-order chi connectivity index (χ1) is 11.6. The smallest absolute Gasteiger partial charge is 0.305 e. The second-order valence-electron chi connectivity index (χ2n) is 4.38. The lowest BCUT2D eigenvalue weighted by Gasteiger charge is -2.14. The van der Waals surface area contributed by atoms with Crippen LogP contribution in [0.25, 0.3) is 0 Å². The van der Waals surface area contributed by atoms with Crippen LogP contribution < -0.4 is 25.6 Å². The number of rotatable bonds is 4. The summed E-state index contributed by atoms with van der Waals surface area (Å²) in [4.78, 5) is 24.0. The minimum absolute atomic E-state index is 0.100. The van der Waals surface area contributed by atoms with Gasteiger partial charge >= 0.3 is 5.91 Å². The summed E-state index contributed by atoms with van der Waals surface area (Å²) in [5.41, 5.74) is 4.89. The van der Waals surface area contributed by atoms with Gasteiger partial charge in [-0.25, -0.2) is 0 Å². The number of ether oxygens (including phenoxy) is 2. The van der Waals surface area contributed by atoms with E-state index in [0.29, 0.717) is 11.5 Å². The van der Waals surface area contributed by atoms with Crippen molar-refractivity contribution in [3.8, 4) is 11.5 Å². The molecule has 1 aromatic carbocycles. The van der Waals surface area contributed by atoms with Crippen molar-refractivity contribution in [1.82, 2.24) is 16.2 Å². The Bertz CT molecular complexity index is 723. The van der Waals surface area contributed by atoms with Crippen molar-refractivity contribution >= 4 is 29.1 Å². The maximum Gasteiger partial charge on any atom is 0.305 e. The summed E-state index contributed by atoms with van der Waals surface area (Å²) in [6.07, 6.45) is 1.36. The third-order valence-corrected chi connectivity index (χ3v) is 3.12. The van der Waals surface area contributed by atoms with Gasteiger partial charge in [-0.1, -0.05) is 6.07 Å². The average molecular weight is 349 g/mol.